The molecule has 1 aliphatic heterocycles. The second-order valence-electron chi connectivity index (χ2n) is 5.24. The van der Waals surface area contributed by atoms with E-state index in [2.05, 4.69) is 32.0 Å². The van der Waals surface area contributed by atoms with E-state index in [4.69, 9.17) is 21.3 Å². The highest BCUT2D eigenvalue weighted by molar-refractivity contribution is 6.36. The molecule has 0 radical (unpaired) electrons. The summed E-state index contributed by atoms with van der Waals surface area (Å²) in [6.45, 7) is 5.77. The van der Waals surface area contributed by atoms with E-state index in [1.54, 1.807) is 0 Å². The van der Waals surface area contributed by atoms with Crippen LogP contribution in [0.5, 0.6) is 0 Å². The summed E-state index contributed by atoms with van der Waals surface area (Å²) in [5.41, 5.74) is 4.50. The number of halogens is 1. The summed E-state index contributed by atoms with van der Waals surface area (Å²) in [6.07, 6.45) is 1.99. The van der Waals surface area contributed by atoms with Gasteiger partial charge in [0.1, 0.15) is 0 Å². The largest absolute Gasteiger partial charge is 0.376 e. The number of pyridine rings is 1. The van der Waals surface area contributed by atoms with Gasteiger partial charge in [0.25, 0.3) is 0 Å². The standard InChI is InChI=1S/C16H18ClNO/c1-3-10(2)11-4-5-14-12(8-11)16(17)13-9-19-7-6-15(13)18-14/h4-5,8,10H,3,6-7,9H2,1-2H3. The van der Waals surface area contributed by atoms with Crippen LogP contribution in [0.25, 0.3) is 10.9 Å². The Labute approximate surface area is 118 Å². The second kappa shape index (κ2) is 5.10. The minimum Gasteiger partial charge on any atom is -0.376 e. The van der Waals surface area contributed by atoms with Crippen molar-refractivity contribution in [1.29, 1.82) is 0 Å². The number of rotatable bonds is 2. The first-order valence-corrected chi connectivity index (χ1v) is 7.27. The first-order valence-electron chi connectivity index (χ1n) is 6.89. The van der Waals surface area contributed by atoms with Gasteiger partial charge in [0.15, 0.2) is 0 Å². The molecular formula is C16H18ClNO. The van der Waals surface area contributed by atoms with Crippen LogP contribution in [0.3, 0.4) is 0 Å². The summed E-state index contributed by atoms with van der Waals surface area (Å²) in [7, 11) is 0. The Morgan fingerprint density at radius 3 is 3.05 bits per heavy atom. The summed E-state index contributed by atoms with van der Waals surface area (Å²) in [4.78, 5) is 4.74. The van der Waals surface area contributed by atoms with E-state index >= 15 is 0 Å². The predicted octanol–water partition coefficient (Wildman–Crippen LogP) is 4.47. The van der Waals surface area contributed by atoms with E-state index in [9.17, 15) is 0 Å². The molecule has 100 valence electrons. The van der Waals surface area contributed by atoms with Crippen molar-refractivity contribution in [2.24, 2.45) is 0 Å². The van der Waals surface area contributed by atoms with E-state index in [1.807, 2.05) is 0 Å². The molecule has 0 N–H and O–H groups in total. The number of fused-ring (bicyclic) bond motifs is 2. The minimum atomic E-state index is 0.549. The molecule has 1 aromatic carbocycles. The van der Waals surface area contributed by atoms with E-state index in [0.717, 1.165) is 46.6 Å². The van der Waals surface area contributed by atoms with Gasteiger partial charge < -0.3 is 4.74 Å². The van der Waals surface area contributed by atoms with Gasteiger partial charge in [-0.25, -0.2) is 0 Å². The molecule has 0 fully saturated rings. The van der Waals surface area contributed by atoms with Gasteiger partial charge >= 0.3 is 0 Å². The van der Waals surface area contributed by atoms with Crippen LogP contribution in [0, 0.1) is 0 Å². The third-order valence-electron chi connectivity index (χ3n) is 4.04. The SMILES string of the molecule is CCC(C)c1ccc2nc3c(c(Cl)c2c1)COCC3. The molecule has 0 saturated carbocycles. The molecule has 3 rings (SSSR count). The fraction of sp³-hybridized carbons (Fsp3) is 0.438. The maximum atomic E-state index is 6.56. The Hall–Kier alpha value is -1.12. The highest BCUT2D eigenvalue weighted by Crippen LogP contribution is 2.33. The van der Waals surface area contributed by atoms with Gasteiger partial charge in [-0.3, -0.25) is 4.98 Å². The molecule has 1 unspecified atom stereocenters. The fourth-order valence-corrected chi connectivity index (χ4v) is 2.88. The Morgan fingerprint density at radius 1 is 1.42 bits per heavy atom. The van der Waals surface area contributed by atoms with Crippen molar-refractivity contribution in [2.45, 2.75) is 39.2 Å². The zero-order chi connectivity index (χ0) is 13.4. The molecule has 19 heavy (non-hydrogen) atoms. The highest BCUT2D eigenvalue weighted by Gasteiger charge is 2.18. The van der Waals surface area contributed by atoms with Crippen molar-refractivity contribution in [1.82, 2.24) is 4.98 Å². The van der Waals surface area contributed by atoms with Crippen LogP contribution in [0.15, 0.2) is 18.2 Å². The van der Waals surface area contributed by atoms with Crippen LogP contribution in [0.2, 0.25) is 5.02 Å². The number of hydrogen-bond donors (Lipinski definition) is 0. The Morgan fingerprint density at radius 2 is 2.26 bits per heavy atom. The molecule has 2 aromatic rings. The zero-order valence-corrected chi connectivity index (χ0v) is 12.1. The van der Waals surface area contributed by atoms with Gasteiger partial charge in [-0.05, 0) is 30.0 Å². The van der Waals surface area contributed by atoms with Crippen LogP contribution >= 0.6 is 11.6 Å². The number of hydrogen-bond acceptors (Lipinski definition) is 2. The number of benzene rings is 1. The van der Waals surface area contributed by atoms with Gasteiger partial charge in [0.2, 0.25) is 0 Å². The zero-order valence-electron chi connectivity index (χ0n) is 11.4. The summed E-state index contributed by atoms with van der Waals surface area (Å²) in [5, 5.41) is 1.88. The molecule has 2 nitrogen and oxygen atoms in total. The Bertz CT molecular complexity index is 624. The van der Waals surface area contributed by atoms with Crippen LogP contribution < -0.4 is 0 Å². The molecular weight excluding hydrogens is 258 g/mol. The van der Waals surface area contributed by atoms with Crippen molar-refractivity contribution >= 4 is 22.5 Å². The predicted molar refractivity (Wildman–Crippen MR) is 78.8 cm³/mol. The summed E-state index contributed by atoms with van der Waals surface area (Å²) in [5.74, 6) is 0.549. The van der Waals surface area contributed by atoms with Gasteiger partial charge in [0, 0.05) is 17.4 Å². The monoisotopic (exact) mass is 275 g/mol. The summed E-state index contributed by atoms with van der Waals surface area (Å²) in [6, 6.07) is 6.46. The maximum absolute atomic E-state index is 6.56. The number of nitrogens with zero attached hydrogens (tertiary/aromatic N) is 1. The Kier molecular flexibility index (Phi) is 3.46. The van der Waals surface area contributed by atoms with Crippen LogP contribution in [0.1, 0.15) is 43.0 Å². The lowest BCUT2D eigenvalue weighted by Gasteiger charge is -2.19. The molecule has 0 bridgehead atoms. The third kappa shape index (κ3) is 2.24. The summed E-state index contributed by atoms with van der Waals surface area (Å²) >= 11 is 6.56. The molecule has 0 amide bonds. The maximum Gasteiger partial charge on any atom is 0.0749 e. The number of ether oxygens (including phenoxy) is 1. The van der Waals surface area contributed by atoms with E-state index in [0.29, 0.717) is 12.5 Å². The molecule has 1 aromatic heterocycles. The third-order valence-corrected chi connectivity index (χ3v) is 4.47. The molecule has 0 spiro atoms. The molecule has 1 atom stereocenters. The van der Waals surface area contributed by atoms with E-state index in [-0.39, 0.29) is 0 Å². The Balaban J connectivity index is 2.19. The first kappa shape index (κ1) is 12.9. The van der Waals surface area contributed by atoms with Crippen LogP contribution in [-0.4, -0.2) is 11.6 Å². The average molecular weight is 276 g/mol. The highest BCUT2D eigenvalue weighted by atomic mass is 35.5. The lowest BCUT2D eigenvalue weighted by atomic mass is 9.96. The van der Waals surface area contributed by atoms with Crippen molar-refractivity contribution < 1.29 is 4.74 Å². The van der Waals surface area contributed by atoms with Crippen molar-refractivity contribution in [2.75, 3.05) is 6.61 Å². The quantitative estimate of drug-likeness (QED) is 0.806. The lowest BCUT2D eigenvalue weighted by molar-refractivity contribution is 0.109. The molecule has 1 aliphatic rings. The van der Waals surface area contributed by atoms with Gasteiger partial charge in [-0.15, -0.1) is 0 Å². The first-order chi connectivity index (χ1) is 9.20. The van der Waals surface area contributed by atoms with Crippen LogP contribution in [-0.2, 0) is 17.8 Å². The van der Waals surface area contributed by atoms with Gasteiger partial charge in [-0.2, -0.15) is 0 Å². The molecule has 3 heteroatoms. The molecule has 0 aliphatic carbocycles. The minimum absolute atomic E-state index is 0.549. The normalized spacial score (nSPS) is 16.4. The van der Waals surface area contributed by atoms with Gasteiger partial charge in [0.05, 0.1) is 29.4 Å². The van der Waals surface area contributed by atoms with Crippen LogP contribution in [0.4, 0.5) is 0 Å². The lowest BCUT2D eigenvalue weighted by Crippen LogP contribution is -2.12. The van der Waals surface area contributed by atoms with E-state index in [1.165, 1.54) is 5.56 Å². The van der Waals surface area contributed by atoms with Crippen molar-refractivity contribution in [3.8, 4) is 0 Å². The number of aromatic nitrogens is 1. The second-order valence-corrected chi connectivity index (χ2v) is 5.62. The topological polar surface area (TPSA) is 22.1 Å². The smallest absolute Gasteiger partial charge is 0.0749 e. The molecule has 2 heterocycles. The van der Waals surface area contributed by atoms with Gasteiger partial charge in [-0.1, -0.05) is 31.5 Å². The summed E-state index contributed by atoms with van der Waals surface area (Å²) < 4.78 is 5.50. The van der Waals surface area contributed by atoms with Crippen molar-refractivity contribution in [3.05, 3.63) is 40.0 Å². The molecule has 0 saturated heterocycles. The van der Waals surface area contributed by atoms with E-state index < -0.39 is 0 Å². The fourth-order valence-electron chi connectivity index (χ4n) is 2.57. The average Bonchev–Trinajstić information content (AvgIpc) is 2.46. The van der Waals surface area contributed by atoms with Crippen molar-refractivity contribution in [3.63, 3.8) is 0 Å².